The Balaban J connectivity index is 1.62. The molecule has 0 radical (unpaired) electrons. The van der Waals surface area contributed by atoms with Gasteiger partial charge in [0.1, 0.15) is 17.7 Å². The molecule has 2 fully saturated rings. The number of hydroxylamine groups is 1. The molecular formula is C30H41N5O6. The molecule has 2 heterocycles. The monoisotopic (exact) mass is 567 g/mol. The summed E-state index contributed by atoms with van der Waals surface area (Å²) in [6.07, 6.45) is 4.50. The summed E-state index contributed by atoms with van der Waals surface area (Å²) in [5.74, 6) is -2.76. The van der Waals surface area contributed by atoms with Gasteiger partial charge in [-0.3, -0.25) is 34.3 Å². The fraction of sp³-hybridized carbons (Fsp3) is 0.567. The summed E-state index contributed by atoms with van der Waals surface area (Å²) in [7, 11) is 0. The zero-order chi connectivity index (χ0) is 29.9. The van der Waals surface area contributed by atoms with E-state index in [0.717, 1.165) is 18.4 Å². The van der Waals surface area contributed by atoms with Crippen LogP contribution in [0.4, 0.5) is 0 Å². The van der Waals surface area contributed by atoms with E-state index in [4.69, 9.17) is 4.84 Å². The largest absolute Gasteiger partial charge is 0.347 e. The molecule has 0 unspecified atom stereocenters. The maximum absolute atomic E-state index is 14.0. The number of rotatable bonds is 10. The van der Waals surface area contributed by atoms with Gasteiger partial charge < -0.3 is 20.9 Å². The quantitative estimate of drug-likeness (QED) is 0.314. The van der Waals surface area contributed by atoms with Gasteiger partial charge in [0.25, 0.3) is 5.91 Å². The van der Waals surface area contributed by atoms with Gasteiger partial charge in [0.05, 0.1) is 18.3 Å². The molecule has 0 bridgehead atoms. The van der Waals surface area contributed by atoms with E-state index in [9.17, 15) is 24.0 Å². The van der Waals surface area contributed by atoms with Crippen LogP contribution in [0.25, 0.3) is 5.70 Å². The second-order valence-corrected chi connectivity index (χ2v) is 12.3. The average Bonchev–Trinajstić information content (AvgIpc) is 3.51. The normalized spacial score (nSPS) is 23.3. The number of nitrogens with one attached hydrogen (secondary N) is 4. The molecule has 4 rings (SSSR count). The van der Waals surface area contributed by atoms with Crippen LogP contribution >= 0.6 is 0 Å². The van der Waals surface area contributed by atoms with Gasteiger partial charge in [0.2, 0.25) is 23.5 Å². The highest BCUT2D eigenvalue weighted by atomic mass is 16.7. The lowest BCUT2D eigenvalue weighted by atomic mass is 9.85. The lowest BCUT2D eigenvalue weighted by Gasteiger charge is -2.35. The summed E-state index contributed by atoms with van der Waals surface area (Å²) < 4.78 is 0. The topological polar surface area (TPSA) is 146 Å². The van der Waals surface area contributed by atoms with Crippen molar-refractivity contribution in [2.75, 3.05) is 6.54 Å². The molecule has 222 valence electrons. The first-order valence-corrected chi connectivity index (χ1v) is 14.3. The number of hydrogen-bond donors (Lipinski definition) is 4. The lowest BCUT2D eigenvalue weighted by Crippen LogP contribution is -2.59. The molecule has 41 heavy (non-hydrogen) atoms. The predicted octanol–water partition coefficient (Wildman–Crippen LogP) is 1.59. The van der Waals surface area contributed by atoms with Crippen molar-refractivity contribution in [3.63, 3.8) is 0 Å². The summed E-state index contributed by atoms with van der Waals surface area (Å²) in [5, 5.41) is 8.20. The zero-order valence-electron chi connectivity index (χ0n) is 24.4. The molecule has 1 spiro atoms. The van der Waals surface area contributed by atoms with E-state index in [1.807, 2.05) is 64.1 Å². The van der Waals surface area contributed by atoms with E-state index in [0.29, 0.717) is 12.1 Å². The van der Waals surface area contributed by atoms with Gasteiger partial charge >= 0.3 is 0 Å². The molecular weight excluding hydrogens is 526 g/mol. The number of hydrogen-bond acceptors (Lipinski definition) is 7. The van der Waals surface area contributed by atoms with Crippen LogP contribution in [0.15, 0.2) is 36.4 Å². The maximum atomic E-state index is 14.0. The van der Waals surface area contributed by atoms with Gasteiger partial charge in [0, 0.05) is 19.4 Å². The Kier molecular flexibility index (Phi) is 8.86. The van der Waals surface area contributed by atoms with E-state index in [1.165, 1.54) is 11.8 Å². The van der Waals surface area contributed by atoms with Gasteiger partial charge in [-0.1, -0.05) is 64.4 Å². The second kappa shape index (κ2) is 12.0. The van der Waals surface area contributed by atoms with Gasteiger partial charge in [-0.25, -0.2) is 0 Å². The molecule has 1 saturated heterocycles. The minimum atomic E-state index is -1.02. The standard InChI is InChI=1S/C30H41N5O6/c1-6-10-21(24(37)27(39)32-20-13-14-20)33-26(38)23-16-30(15-22(34-41-30)19-11-8-7-9-12-19)17-35(23)28(40)25(29(3,4)5)31-18(2)36/h7-9,11-12,15,20-21,23,25,34H,6,10,13-14,16-17H2,1-5H3,(H,31,36)(H,32,39)(H,33,38)/t21-,23-,25+,30+/m0/s1. The molecule has 2 aliphatic heterocycles. The van der Waals surface area contributed by atoms with Crippen LogP contribution < -0.4 is 21.4 Å². The fourth-order valence-corrected chi connectivity index (χ4v) is 5.27. The highest BCUT2D eigenvalue weighted by Crippen LogP contribution is 2.38. The summed E-state index contributed by atoms with van der Waals surface area (Å²) in [5.41, 5.74) is 2.88. The van der Waals surface area contributed by atoms with Crippen molar-refractivity contribution in [3.8, 4) is 0 Å². The first kappa shape index (κ1) is 30.2. The minimum Gasteiger partial charge on any atom is -0.347 e. The minimum absolute atomic E-state index is 0.00736. The Morgan fingerprint density at radius 3 is 2.37 bits per heavy atom. The molecule has 11 nitrogen and oxygen atoms in total. The molecule has 0 aromatic heterocycles. The lowest BCUT2D eigenvalue weighted by molar-refractivity contribution is -0.145. The molecule has 1 aliphatic carbocycles. The first-order chi connectivity index (χ1) is 19.3. The second-order valence-electron chi connectivity index (χ2n) is 12.3. The Bertz CT molecular complexity index is 1220. The molecule has 1 saturated carbocycles. The van der Waals surface area contributed by atoms with E-state index in [2.05, 4.69) is 21.4 Å². The summed E-state index contributed by atoms with van der Waals surface area (Å²) in [4.78, 5) is 72.8. The van der Waals surface area contributed by atoms with Crippen LogP contribution in [-0.2, 0) is 28.8 Å². The molecule has 3 aliphatic rings. The number of amides is 4. The average molecular weight is 568 g/mol. The van der Waals surface area contributed by atoms with Crippen molar-refractivity contribution < 1.29 is 28.8 Å². The van der Waals surface area contributed by atoms with E-state index in [-0.39, 0.29) is 31.3 Å². The van der Waals surface area contributed by atoms with Gasteiger partial charge in [-0.05, 0) is 36.3 Å². The van der Waals surface area contributed by atoms with Gasteiger partial charge in [-0.2, -0.15) is 0 Å². The Labute approximate surface area is 240 Å². The maximum Gasteiger partial charge on any atom is 0.289 e. The summed E-state index contributed by atoms with van der Waals surface area (Å²) >= 11 is 0. The van der Waals surface area contributed by atoms with Crippen molar-refractivity contribution in [1.82, 2.24) is 26.3 Å². The van der Waals surface area contributed by atoms with Crippen LogP contribution in [0.3, 0.4) is 0 Å². The molecule has 4 N–H and O–H groups in total. The Morgan fingerprint density at radius 1 is 1.10 bits per heavy atom. The highest BCUT2D eigenvalue weighted by Gasteiger charge is 2.53. The number of carbonyl (C=O) groups excluding carboxylic acids is 5. The summed E-state index contributed by atoms with van der Waals surface area (Å²) in [6, 6.07) is 6.61. The zero-order valence-corrected chi connectivity index (χ0v) is 24.4. The Hall–Kier alpha value is -3.73. The van der Waals surface area contributed by atoms with Crippen molar-refractivity contribution in [2.24, 2.45) is 5.41 Å². The first-order valence-electron chi connectivity index (χ1n) is 14.3. The number of Topliss-reactive ketones (excluding diaryl/α,β-unsaturated/α-hetero) is 1. The molecule has 11 heteroatoms. The molecule has 4 atom stereocenters. The number of likely N-dealkylation sites (tertiary alicyclic amines) is 1. The van der Waals surface area contributed by atoms with E-state index in [1.54, 1.807) is 0 Å². The van der Waals surface area contributed by atoms with Crippen LogP contribution in [-0.4, -0.2) is 70.6 Å². The Morgan fingerprint density at radius 2 is 1.78 bits per heavy atom. The third kappa shape index (κ3) is 7.13. The van der Waals surface area contributed by atoms with Gasteiger partial charge in [-0.15, -0.1) is 0 Å². The predicted molar refractivity (Wildman–Crippen MR) is 152 cm³/mol. The third-order valence-corrected chi connectivity index (χ3v) is 7.60. The smallest absolute Gasteiger partial charge is 0.289 e. The van der Waals surface area contributed by atoms with Crippen molar-refractivity contribution in [1.29, 1.82) is 0 Å². The SMILES string of the molecule is CCC[C@H](NC(=O)[C@@H]1C[C@]2(C=C(c3ccccc3)NO2)CN1C(=O)[C@@H](NC(C)=O)C(C)(C)C)C(=O)C(=O)NC1CC1. The molecule has 1 aromatic rings. The number of benzene rings is 1. The number of ketones is 1. The number of nitrogens with zero attached hydrogens (tertiary/aromatic N) is 1. The van der Waals surface area contributed by atoms with E-state index >= 15 is 0 Å². The molecule has 4 amide bonds. The van der Waals surface area contributed by atoms with E-state index < -0.39 is 52.6 Å². The van der Waals surface area contributed by atoms with Crippen molar-refractivity contribution in [3.05, 3.63) is 42.0 Å². The highest BCUT2D eigenvalue weighted by molar-refractivity contribution is 6.38. The fourth-order valence-electron chi connectivity index (χ4n) is 5.27. The van der Waals surface area contributed by atoms with Gasteiger partial charge in [0.15, 0.2) is 0 Å². The van der Waals surface area contributed by atoms with Crippen LogP contribution in [0.2, 0.25) is 0 Å². The summed E-state index contributed by atoms with van der Waals surface area (Å²) in [6.45, 7) is 8.76. The number of carbonyl (C=O) groups is 5. The van der Waals surface area contributed by atoms with Crippen molar-refractivity contribution >= 4 is 35.1 Å². The van der Waals surface area contributed by atoms with Crippen LogP contribution in [0, 0.1) is 5.41 Å². The van der Waals surface area contributed by atoms with Crippen LogP contribution in [0.1, 0.15) is 72.3 Å². The van der Waals surface area contributed by atoms with Crippen molar-refractivity contribution in [2.45, 2.75) is 96.5 Å². The van der Waals surface area contributed by atoms with Crippen LogP contribution in [0.5, 0.6) is 0 Å². The third-order valence-electron chi connectivity index (χ3n) is 7.60. The molecule has 1 aromatic carbocycles.